The molecule has 0 atom stereocenters. The molecule has 2 aromatic rings. The molecular weight excluding hydrogens is 336 g/mol. The summed E-state index contributed by atoms with van der Waals surface area (Å²) in [4.78, 5) is 2.99. The van der Waals surface area contributed by atoms with Crippen LogP contribution in [-0.2, 0) is 10.0 Å². The molecule has 0 saturated carbocycles. The zero-order valence-electron chi connectivity index (χ0n) is 9.87. The Hall–Kier alpha value is -1.87. The minimum Gasteiger partial charge on any atom is -0.274 e. The lowest BCUT2D eigenvalue weighted by atomic mass is 10.3. The Morgan fingerprint density at radius 2 is 1.62 bits per heavy atom. The lowest BCUT2D eigenvalue weighted by Gasteiger charge is -2.10. The zero-order chi connectivity index (χ0) is 15.8. The molecule has 4 nitrogen and oxygen atoms in total. The lowest BCUT2D eigenvalue weighted by Crippen LogP contribution is -2.16. The van der Waals surface area contributed by atoms with Crippen molar-refractivity contribution >= 4 is 27.3 Å². The molecule has 0 unspecified atom stereocenters. The van der Waals surface area contributed by atoms with Crippen LogP contribution in [0.3, 0.4) is 0 Å². The van der Waals surface area contributed by atoms with Crippen LogP contribution in [0.2, 0.25) is 5.15 Å². The van der Waals surface area contributed by atoms with Gasteiger partial charge in [0.05, 0.1) is 0 Å². The van der Waals surface area contributed by atoms with Crippen molar-refractivity contribution in [3.8, 4) is 0 Å². The zero-order valence-corrected chi connectivity index (χ0v) is 11.4. The fourth-order valence-electron chi connectivity index (χ4n) is 1.38. The summed E-state index contributed by atoms with van der Waals surface area (Å²) in [6.07, 6.45) is 0.816. The highest BCUT2D eigenvalue weighted by molar-refractivity contribution is 7.92. The van der Waals surface area contributed by atoms with Crippen LogP contribution < -0.4 is 4.72 Å². The van der Waals surface area contributed by atoms with Gasteiger partial charge in [0.1, 0.15) is 15.7 Å². The first kappa shape index (κ1) is 15.5. The van der Waals surface area contributed by atoms with Crippen molar-refractivity contribution in [3.63, 3.8) is 0 Å². The Kier molecular flexibility index (Phi) is 4.06. The van der Waals surface area contributed by atoms with Crippen molar-refractivity contribution in [1.29, 1.82) is 0 Å². The van der Waals surface area contributed by atoms with Gasteiger partial charge in [-0.25, -0.2) is 31.0 Å². The van der Waals surface area contributed by atoms with Crippen molar-refractivity contribution < 1.29 is 26.0 Å². The van der Waals surface area contributed by atoms with Gasteiger partial charge in [0.25, 0.3) is 10.0 Å². The first-order valence-corrected chi connectivity index (χ1v) is 7.06. The van der Waals surface area contributed by atoms with Crippen molar-refractivity contribution in [2.45, 2.75) is 4.90 Å². The monoisotopic (exact) mass is 340 g/mol. The van der Waals surface area contributed by atoms with Crippen LogP contribution in [0, 0.1) is 23.3 Å². The van der Waals surface area contributed by atoms with Crippen molar-refractivity contribution in [2.75, 3.05) is 4.72 Å². The van der Waals surface area contributed by atoms with Gasteiger partial charge in [-0.15, -0.1) is 0 Å². The van der Waals surface area contributed by atoms with E-state index in [9.17, 15) is 26.0 Å². The first-order valence-electron chi connectivity index (χ1n) is 5.20. The van der Waals surface area contributed by atoms with E-state index < -0.39 is 43.9 Å². The SMILES string of the molecule is O=S(=O)(Nc1c(F)c(F)cc(F)c1F)c1ccc(Cl)nc1. The summed E-state index contributed by atoms with van der Waals surface area (Å²) in [5.74, 6) is -7.19. The molecule has 0 spiro atoms. The number of halogens is 5. The third kappa shape index (κ3) is 3.08. The molecule has 0 aliphatic carbocycles. The molecule has 1 heterocycles. The summed E-state index contributed by atoms with van der Waals surface area (Å²) < 4.78 is 78.0. The molecule has 0 radical (unpaired) electrons. The molecule has 2 rings (SSSR count). The highest BCUT2D eigenvalue weighted by Gasteiger charge is 2.24. The van der Waals surface area contributed by atoms with E-state index in [1.54, 1.807) is 0 Å². The summed E-state index contributed by atoms with van der Waals surface area (Å²) in [5.41, 5.74) is -1.46. The standard InChI is InChI=1S/C11H5ClF4N2O2S/c12-8-2-1-5(4-17-8)21(19,20)18-11-9(15)6(13)3-7(14)10(11)16/h1-4,18H. The fourth-order valence-corrected chi connectivity index (χ4v) is 2.49. The van der Waals surface area contributed by atoms with Crippen LogP contribution in [0.4, 0.5) is 23.2 Å². The number of aromatic nitrogens is 1. The van der Waals surface area contributed by atoms with E-state index in [0.29, 0.717) is 0 Å². The van der Waals surface area contributed by atoms with Gasteiger partial charge >= 0.3 is 0 Å². The summed E-state index contributed by atoms with van der Waals surface area (Å²) in [6.45, 7) is 0. The molecule has 1 N–H and O–H groups in total. The number of hydrogen-bond donors (Lipinski definition) is 1. The van der Waals surface area contributed by atoms with E-state index in [0.717, 1.165) is 18.3 Å². The highest BCUT2D eigenvalue weighted by atomic mass is 35.5. The molecule has 0 aliphatic heterocycles. The van der Waals surface area contributed by atoms with Gasteiger partial charge in [-0.05, 0) is 12.1 Å². The number of sulfonamides is 1. The quantitative estimate of drug-likeness (QED) is 0.530. The predicted octanol–water partition coefficient (Wildman–Crippen LogP) is 3.09. The normalized spacial score (nSPS) is 11.5. The molecule has 0 bridgehead atoms. The van der Waals surface area contributed by atoms with E-state index in [4.69, 9.17) is 11.6 Å². The molecule has 0 fully saturated rings. The van der Waals surface area contributed by atoms with Crippen LogP contribution >= 0.6 is 11.6 Å². The van der Waals surface area contributed by atoms with Gasteiger partial charge in [0.2, 0.25) is 0 Å². The predicted molar refractivity (Wildman–Crippen MR) is 66.3 cm³/mol. The number of anilines is 1. The number of nitrogens with one attached hydrogen (secondary N) is 1. The molecule has 0 saturated heterocycles. The number of pyridine rings is 1. The first-order chi connectivity index (χ1) is 9.72. The molecule has 10 heteroatoms. The highest BCUT2D eigenvalue weighted by Crippen LogP contribution is 2.26. The summed E-state index contributed by atoms with van der Waals surface area (Å²) in [6, 6.07) is 2.09. The largest absolute Gasteiger partial charge is 0.274 e. The van der Waals surface area contributed by atoms with Gasteiger partial charge in [-0.3, -0.25) is 4.72 Å². The topological polar surface area (TPSA) is 59.1 Å². The van der Waals surface area contributed by atoms with E-state index in [1.807, 2.05) is 0 Å². The summed E-state index contributed by atoms with van der Waals surface area (Å²) in [5, 5.41) is -0.0110. The van der Waals surface area contributed by atoms with Crippen LogP contribution in [0.15, 0.2) is 29.3 Å². The van der Waals surface area contributed by atoms with Crippen LogP contribution in [0.25, 0.3) is 0 Å². The molecule has 0 aliphatic rings. The van der Waals surface area contributed by atoms with Gasteiger partial charge in [-0.1, -0.05) is 11.6 Å². The maximum atomic E-state index is 13.4. The minimum absolute atomic E-state index is 0.0110. The van der Waals surface area contributed by atoms with Crippen LogP contribution in [0.1, 0.15) is 0 Å². The van der Waals surface area contributed by atoms with Gasteiger partial charge in [0, 0.05) is 12.3 Å². The average Bonchev–Trinajstić information content (AvgIpc) is 2.42. The van der Waals surface area contributed by atoms with Crippen LogP contribution in [0.5, 0.6) is 0 Å². The Morgan fingerprint density at radius 1 is 1.05 bits per heavy atom. The maximum absolute atomic E-state index is 13.4. The second-order valence-corrected chi connectivity index (χ2v) is 5.83. The van der Waals surface area contributed by atoms with Gasteiger partial charge in [-0.2, -0.15) is 0 Å². The van der Waals surface area contributed by atoms with E-state index >= 15 is 0 Å². The molecule has 1 aromatic carbocycles. The van der Waals surface area contributed by atoms with E-state index in [-0.39, 0.29) is 11.2 Å². The molecule has 0 amide bonds. The van der Waals surface area contributed by atoms with E-state index in [2.05, 4.69) is 4.98 Å². The summed E-state index contributed by atoms with van der Waals surface area (Å²) in [7, 11) is -4.49. The van der Waals surface area contributed by atoms with E-state index in [1.165, 1.54) is 4.72 Å². The average molecular weight is 341 g/mol. The summed E-state index contributed by atoms with van der Waals surface area (Å²) >= 11 is 5.47. The van der Waals surface area contributed by atoms with Crippen molar-refractivity contribution in [2.24, 2.45) is 0 Å². The second kappa shape index (κ2) is 5.49. The molecular formula is C11H5ClF4N2O2S. The fraction of sp³-hybridized carbons (Fsp3) is 0. The lowest BCUT2D eigenvalue weighted by molar-refractivity contribution is 0.459. The molecule has 112 valence electrons. The third-order valence-corrected chi connectivity index (χ3v) is 3.92. The number of benzene rings is 1. The van der Waals surface area contributed by atoms with Crippen molar-refractivity contribution in [1.82, 2.24) is 4.98 Å². The Balaban J connectivity index is 2.49. The maximum Gasteiger partial charge on any atom is 0.263 e. The van der Waals surface area contributed by atoms with Crippen LogP contribution in [-0.4, -0.2) is 13.4 Å². The smallest absolute Gasteiger partial charge is 0.263 e. The second-order valence-electron chi connectivity index (χ2n) is 3.77. The van der Waals surface area contributed by atoms with Crippen molar-refractivity contribution in [3.05, 3.63) is 52.8 Å². The Labute approximate surface area is 121 Å². The Bertz CT molecular complexity index is 771. The molecule has 21 heavy (non-hydrogen) atoms. The number of nitrogens with zero attached hydrogens (tertiary/aromatic N) is 1. The third-order valence-electron chi connectivity index (χ3n) is 2.36. The Morgan fingerprint density at radius 3 is 2.10 bits per heavy atom. The number of hydrogen-bond acceptors (Lipinski definition) is 3. The molecule has 1 aromatic heterocycles. The number of rotatable bonds is 3. The van der Waals surface area contributed by atoms with Gasteiger partial charge < -0.3 is 0 Å². The van der Waals surface area contributed by atoms with Gasteiger partial charge in [0.15, 0.2) is 23.3 Å². The minimum atomic E-state index is -4.49.